The molecule has 0 radical (unpaired) electrons. The van der Waals surface area contributed by atoms with Crippen molar-refractivity contribution >= 4 is 11.6 Å². The normalized spacial score (nSPS) is 22.6. The van der Waals surface area contributed by atoms with Gasteiger partial charge in [0.2, 0.25) is 5.91 Å². The molecular formula is C16H22N2O3. The minimum absolute atomic E-state index is 0.0762. The number of amides is 1. The molecule has 1 atom stereocenters. The lowest BCUT2D eigenvalue weighted by Crippen LogP contribution is -2.15. The molecule has 114 valence electrons. The molecular weight excluding hydrogens is 268 g/mol. The van der Waals surface area contributed by atoms with Gasteiger partial charge in [-0.25, -0.2) is 0 Å². The number of hydrogen-bond acceptors (Lipinski definition) is 4. The highest BCUT2D eigenvalue weighted by molar-refractivity contribution is 5.90. The van der Waals surface area contributed by atoms with E-state index in [9.17, 15) is 4.79 Å². The Morgan fingerprint density at radius 1 is 1.33 bits per heavy atom. The molecule has 2 fully saturated rings. The van der Waals surface area contributed by atoms with Crippen molar-refractivity contribution in [2.75, 3.05) is 31.6 Å². The second-order valence-electron chi connectivity index (χ2n) is 5.64. The number of carbonyl (C=O) groups excluding carboxylic acids is 1. The van der Waals surface area contributed by atoms with Crippen molar-refractivity contribution in [2.45, 2.75) is 25.6 Å². The predicted octanol–water partition coefficient (Wildman–Crippen LogP) is 2.06. The maximum absolute atomic E-state index is 12.0. The minimum Gasteiger partial charge on any atom is -0.346 e. The van der Waals surface area contributed by atoms with E-state index in [1.54, 1.807) is 0 Å². The Hall–Kier alpha value is -1.43. The summed E-state index contributed by atoms with van der Waals surface area (Å²) in [7, 11) is 0. The first kappa shape index (κ1) is 14.5. The van der Waals surface area contributed by atoms with Gasteiger partial charge in [-0.1, -0.05) is 12.1 Å². The zero-order valence-electron chi connectivity index (χ0n) is 12.1. The molecule has 1 aromatic rings. The SMILES string of the molecule is O=C(CCC1CCNC1)Nc1cccc(C2OCCO2)c1. The molecule has 2 aliphatic rings. The summed E-state index contributed by atoms with van der Waals surface area (Å²) in [5, 5.41) is 6.28. The minimum atomic E-state index is -0.300. The molecule has 1 aromatic carbocycles. The standard InChI is InChI=1S/C16H22N2O3/c19-15(5-4-12-6-7-17-11-12)18-14-3-1-2-13(10-14)16-20-8-9-21-16/h1-3,10,12,16-17H,4-9,11H2,(H,18,19). The molecule has 2 saturated heterocycles. The largest absolute Gasteiger partial charge is 0.346 e. The summed E-state index contributed by atoms with van der Waals surface area (Å²) in [6, 6.07) is 7.69. The molecule has 1 unspecified atom stereocenters. The molecule has 2 aliphatic heterocycles. The maximum Gasteiger partial charge on any atom is 0.224 e. The van der Waals surface area contributed by atoms with Crippen molar-refractivity contribution in [2.24, 2.45) is 5.92 Å². The van der Waals surface area contributed by atoms with Gasteiger partial charge in [-0.05, 0) is 44.0 Å². The number of nitrogens with one attached hydrogen (secondary N) is 2. The van der Waals surface area contributed by atoms with Crippen LogP contribution in [0.25, 0.3) is 0 Å². The van der Waals surface area contributed by atoms with E-state index in [2.05, 4.69) is 10.6 Å². The fourth-order valence-electron chi connectivity index (χ4n) is 2.83. The van der Waals surface area contributed by atoms with Crippen LogP contribution in [0, 0.1) is 5.92 Å². The first-order valence-corrected chi connectivity index (χ1v) is 7.65. The van der Waals surface area contributed by atoms with Gasteiger partial charge in [0, 0.05) is 17.7 Å². The summed E-state index contributed by atoms with van der Waals surface area (Å²) in [5.74, 6) is 0.717. The van der Waals surface area contributed by atoms with Crippen LogP contribution < -0.4 is 10.6 Å². The van der Waals surface area contributed by atoms with Gasteiger partial charge in [-0.3, -0.25) is 4.79 Å². The molecule has 2 N–H and O–H groups in total. The number of ether oxygens (including phenoxy) is 2. The van der Waals surface area contributed by atoms with Gasteiger partial charge in [-0.2, -0.15) is 0 Å². The highest BCUT2D eigenvalue weighted by Gasteiger charge is 2.19. The topological polar surface area (TPSA) is 59.6 Å². The van der Waals surface area contributed by atoms with E-state index >= 15 is 0 Å². The average molecular weight is 290 g/mol. The first-order chi connectivity index (χ1) is 10.3. The summed E-state index contributed by atoms with van der Waals surface area (Å²) >= 11 is 0. The fraction of sp³-hybridized carbons (Fsp3) is 0.562. The quantitative estimate of drug-likeness (QED) is 0.871. The zero-order valence-corrected chi connectivity index (χ0v) is 12.1. The van der Waals surface area contributed by atoms with Gasteiger partial charge in [0.15, 0.2) is 6.29 Å². The molecule has 0 aliphatic carbocycles. The van der Waals surface area contributed by atoms with Gasteiger partial charge < -0.3 is 20.1 Å². The number of rotatable bonds is 5. The second-order valence-corrected chi connectivity index (χ2v) is 5.64. The molecule has 2 heterocycles. The lowest BCUT2D eigenvalue weighted by Gasteiger charge is -2.12. The molecule has 0 aromatic heterocycles. The van der Waals surface area contributed by atoms with Gasteiger partial charge in [0.1, 0.15) is 0 Å². The number of hydrogen-bond donors (Lipinski definition) is 2. The summed E-state index contributed by atoms with van der Waals surface area (Å²) in [6.07, 6.45) is 2.41. The summed E-state index contributed by atoms with van der Waals surface area (Å²) in [6.45, 7) is 3.36. The Balaban J connectivity index is 1.51. The molecule has 0 saturated carbocycles. The summed E-state index contributed by atoms with van der Waals surface area (Å²) in [4.78, 5) is 12.0. The van der Waals surface area contributed by atoms with Crippen LogP contribution in [-0.4, -0.2) is 32.2 Å². The Labute approximate surface area is 125 Å². The van der Waals surface area contributed by atoms with Crippen molar-refractivity contribution in [3.8, 4) is 0 Å². The van der Waals surface area contributed by atoms with Crippen molar-refractivity contribution in [1.29, 1.82) is 0 Å². The van der Waals surface area contributed by atoms with Crippen molar-refractivity contribution in [3.05, 3.63) is 29.8 Å². The highest BCUT2D eigenvalue weighted by atomic mass is 16.7. The zero-order chi connectivity index (χ0) is 14.5. The number of carbonyl (C=O) groups is 1. The summed E-state index contributed by atoms with van der Waals surface area (Å²) < 4.78 is 10.9. The van der Waals surface area contributed by atoms with E-state index in [1.165, 1.54) is 6.42 Å². The van der Waals surface area contributed by atoms with Gasteiger partial charge in [0.25, 0.3) is 0 Å². The summed E-state index contributed by atoms with van der Waals surface area (Å²) in [5.41, 5.74) is 1.76. The van der Waals surface area contributed by atoms with E-state index in [1.807, 2.05) is 24.3 Å². The van der Waals surface area contributed by atoms with Gasteiger partial charge in [-0.15, -0.1) is 0 Å². The third-order valence-corrected chi connectivity index (χ3v) is 4.01. The van der Waals surface area contributed by atoms with Gasteiger partial charge >= 0.3 is 0 Å². The van der Waals surface area contributed by atoms with Crippen LogP contribution in [0.5, 0.6) is 0 Å². The first-order valence-electron chi connectivity index (χ1n) is 7.65. The third-order valence-electron chi connectivity index (χ3n) is 4.01. The van der Waals surface area contributed by atoms with Crippen LogP contribution >= 0.6 is 0 Å². The molecule has 0 bridgehead atoms. The monoisotopic (exact) mass is 290 g/mol. The lowest BCUT2D eigenvalue weighted by atomic mass is 10.0. The maximum atomic E-state index is 12.0. The number of anilines is 1. The van der Waals surface area contributed by atoms with Crippen LogP contribution in [0.1, 0.15) is 31.1 Å². The molecule has 5 heteroatoms. The highest BCUT2D eigenvalue weighted by Crippen LogP contribution is 2.25. The lowest BCUT2D eigenvalue weighted by molar-refractivity contribution is -0.116. The van der Waals surface area contributed by atoms with Crippen LogP contribution in [0.3, 0.4) is 0 Å². The average Bonchev–Trinajstić information content (AvgIpc) is 3.19. The van der Waals surface area contributed by atoms with Crippen molar-refractivity contribution in [1.82, 2.24) is 5.32 Å². The number of benzene rings is 1. The van der Waals surface area contributed by atoms with Crippen LogP contribution in [0.15, 0.2) is 24.3 Å². The Kier molecular flexibility index (Phi) is 4.85. The van der Waals surface area contributed by atoms with E-state index in [-0.39, 0.29) is 12.2 Å². The molecule has 0 spiro atoms. The van der Waals surface area contributed by atoms with Crippen LogP contribution in [-0.2, 0) is 14.3 Å². The van der Waals surface area contributed by atoms with Crippen molar-refractivity contribution in [3.63, 3.8) is 0 Å². The van der Waals surface area contributed by atoms with Gasteiger partial charge in [0.05, 0.1) is 13.2 Å². The fourth-order valence-corrected chi connectivity index (χ4v) is 2.83. The second kappa shape index (κ2) is 7.02. The molecule has 5 nitrogen and oxygen atoms in total. The predicted molar refractivity (Wildman–Crippen MR) is 79.9 cm³/mol. The Bertz CT molecular complexity index is 480. The van der Waals surface area contributed by atoms with E-state index in [4.69, 9.17) is 9.47 Å². The molecule has 21 heavy (non-hydrogen) atoms. The molecule has 1 amide bonds. The van der Waals surface area contributed by atoms with E-state index in [0.29, 0.717) is 25.6 Å². The third kappa shape index (κ3) is 4.03. The molecule has 3 rings (SSSR count). The Morgan fingerprint density at radius 2 is 2.19 bits per heavy atom. The van der Waals surface area contributed by atoms with E-state index in [0.717, 1.165) is 30.8 Å². The van der Waals surface area contributed by atoms with E-state index < -0.39 is 0 Å². The van der Waals surface area contributed by atoms with Crippen molar-refractivity contribution < 1.29 is 14.3 Å². The Morgan fingerprint density at radius 3 is 2.95 bits per heavy atom. The van der Waals surface area contributed by atoms with Crippen LogP contribution in [0.4, 0.5) is 5.69 Å². The van der Waals surface area contributed by atoms with Crippen LogP contribution in [0.2, 0.25) is 0 Å². The smallest absolute Gasteiger partial charge is 0.224 e.